The van der Waals surface area contributed by atoms with Gasteiger partial charge in [0.1, 0.15) is 5.15 Å². The molecule has 0 aliphatic carbocycles. The van der Waals surface area contributed by atoms with Gasteiger partial charge < -0.3 is 0 Å². The van der Waals surface area contributed by atoms with E-state index in [1.807, 2.05) is 0 Å². The maximum atomic E-state index is 13.3. The van der Waals surface area contributed by atoms with Crippen LogP contribution in [0.25, 0.3) is 21.1 Å². The average Bonchev–Trinajstić information content (AvgIpc) is 2.95. The molecule has 0 saturated heterocycles. The highest BCUT2D eigenvalue weighted by Crippen LogP contribution is 2.29. The largest absolute Gasteiger partial charge is 0.298 e. The van der Waals surface area contributed by atoms with E-state index in [0.717, 1.165) is 23.5 Å². The van der Waals surface area contributed by atoms with E-state index in [9.17, 15) is 13.6 Å². The highest BCUT2D eigenvalue weighted by atomic mass is 35.5. The summed E-state index contributed by atoms with van der Waals surface area (Å²) in [7, 11) is 0. The van der Waals surface area contributed by atoms with Crippen molar-refractivity contribution in [1.29, 1.82) is 0 Å². The van der Waals surface area contributed by atoms with Crippen molar-refractivity contribution in [2.24, 2.45) is 0 Å². The van der Waals surface area contributed by atoms with Crippen LogP contribution in [0.5, 0.6) is 0 Å². The number of carbonyl (C=O) groups excluding carboxylic acids is 1. The number of pyridine rings is 1. The summed E-state index contributed by atoms with van der Waals surface area (Å²) in [5.74, 6) is -2.37. The van der Waals surface area contributed by atoms with Crippen LogP contribution in [0.3, 0.4) is 0 Å². The minimum absolute atomic E-state index is 0.192. The van der Waals surface area contributed by atoms with Crippen molar-refractivity contribution in [2.45, 2.75) is 0 Å². The summed E-state index contributed by atoms with van der Waals surface area (Å²) in [6.07, 6.45) is 0. The van der Waals surface area contributed by atoms with Gasteiger partial charge in [-0.15, -0.1) is 0 Å². The number of nitrogens with one attached hydrogen (secondary N) is 1. The second-order valence-corrected chi connectivity index (χ2v) is 6.63. The van der Waals surface area contributed by atoms with E-state index in [1.165, 1.54) is 6.07 Å². The third-order valence-electron chi connectivity index (χ3n) is 3.58. The average molecular weight is 376 g/mol. The lowest BCUT2D eigenvalue weighted by Crippen LogP contribution is -2.12. The number of aromatic nitrogens is 2. The fourth-order valence-electron chi connectivity index (χ4n) is 2.47. The quantitative estimate of drug-likeness (QED) is 0.500. The molecule has 0 atom stereocenters. The van der Waals surface area contributed by atoms with Crippen LogP contribution in [-0.2, 0) is 0 Å². The van der Waals surface area contributed by atoms with Crippen molar-refractivity contribution in [3.05, 3.63) is 64.8 Å². The molecule has 2 heterocycles. The van der Waals surface area contributed by atoms with Gasteiger partial charge in [-0.1, -0.05) is 41.1 Å². The summed E-state index contributed by atoms with van der Waals surface area (Å²) in [5, 5.41) is 3.71. The Bertz CT molecular complexity index is 1110. The van der Waals surface area contributed by atoms with E-state index >= 15 is 0 Å². The zero-order chi connectivity index (χ0) is 17.6. The fraction of sp³-hybridized carbons (Fsp3) is 0. The van der Waals surface area contributed by atoms with Gasteiger partial charge in [0.15, 0.2) is 16.8 Å². The van der Waals surface area contributed by atoms with Crippen molar-refractivity contribution in [3.8, 4) is 0 Å². The van der Waals surface area contributed by atoms with E-state index < -0.39 is 17.5 Å². The predicted octanol–water partition coefficient (Wildman–Crippen LogP) is 5.03. The molecule has 1 N–H and O–H groups in total. The van der Waals surface area contributed by atoms with Crippen LogP contribution in [0, 0.1) is 11.6 Å². The second kappa shape index (κ2) is 6.02. The molecule has 0 unspecified atom stereocenters. The molecule has 124 valence electrons. The van der Waals surface area contributed by atoms with Gasteiger partial charge in [-0.3, -0.25) is 10.1 Å². The summed E-state index contributed by atoms with van der Waals surface area (Å²) < 4.78 is 27.0. The zero-order valence-corrected chi connectivity index (χ0v) is 14.0. The Morgan fingerprint density at radius 3 is 2.64 bits per heavy atom. The number of anilines is 1. The minimum Gasteiger partial charge on any atom is -0.298 e. The van der Waals surface area contributed by atoms with Crippen molar-refractivity contribution in [1.82, 2.24) is 9.97 Å². The van der Waals surface area contributed by atoms with E-state index in [1.54, 1.807) is 24.3 Å². The lowest BCUT2D eigenvalue weighted by molar-refractivity contribution is 0.102. The van der Waals surface area contributed by atoms with Crippen LogP contribution >= 0.6 is 22.9 Å². The number of hydrogen-bond donors (Lipinski definition) is 1. The summed E-state index contributed by atoms with van der Waals surface area (Å²) in [4.78, 5) is 20.9. The zero-order valence-electron chi connectivity index (χ0n) is 12.4. The molecule has 0 saturated carbocycles. The fourth-order valence-corrected chi connectivity index (χ4v) is 3.54. The molecule has 0 aliphatic rings. The van der Waals surface area contributed by atoms with Crippen LogP contribution in [0.15, 0.2) is 42.5 Å². The topological polar surface area (TPSA) is 54.9 Å². The van der Waals surface area contributed by atoms with E-state index in [2.05, 4.69) is 15.3 Å². The molecule has 0 aliphatic heterocycles. The first-order valence-corrected chi connectivity index (χ1v) is 8.33. The summed E-state index contributed by atoms with van der Waals surface area (Å²) >= 11 is 7.04. The van der Waals surface area contributed by atoms with Crippen LogP contribution < -0.4 is 5.32 Å². The van der Waals surface area contributed by atoms with Gasteiger partial charge in [-0.05, 0) is 18.2 Å². The molecule has 4 rings (SSSR count). The molecule has 0 bridgehead atoms. The van der Waals surface area contributed by atoms with Crippen LogP contribution in [0.2, 0.25) is 5.15 Å². The van der Waals surface area contributed by atoms with Crippen molar-refractivity contribution >= 4 is 55.1 Å². The predicted molar refractivity (Wildman–Crippen MR) is 94.2 cm³/mol. The Morgan fingerprint density at radius 2 is 1.80 bits per heavy atom. The number of hydrogen-bond acceptors (Lipinski definition) is 4. The number of carbonyl (C=O) groups is 1. The van der Waals surface area contributed by atoms with Crippen LogP contribution in [0.1, 0.15) is 10.4 Å². The van der Waals surface area contributed by atoms with Gasteiger partial charge in [0.25, 0.3) is 5.91 Å². The lowest BCUT2D eigenvalue weighted by atomic mass is 10.1. The van der Waals surface area contributed by atoms with Crippen LogP contribution in [0.4, 0.5) is 13.9 Å². The molecule has 25 heavy (non-hydrogen) atoms. The maximum absolute atomic E-state index is 13.3. The molecule has 2 aromatic carbocycles. The Balaban J connectivity index is 1.73. The smallest absolute Gasteiger partial charge is 0.258 e. The van der Waals surface area contributed by atoms with E-state index in [0.29, 0.717) is 21.2 Å². The second-order valence-electron chi connectivity index (χ2n) is 5.22. The molecular formula is C17H8ClF2N3OS. The first-order chi connectivity index (χ1) is 12.0. The molecule has 2 aromatic heterocycles. The van der Waals surface area contributed by atoms with Crippen LogP contribution in [-0.4, -0.2) is 15.9 Å². The molecule has 8 heteroatoms. The monoisotopic (exact) mass is 375 g/mol. The molecular weight excluding hydrogens is 368 g/mol. The number of thiazole rings is 1. The van der Waals surface area contributed by atoms with E-state index in [4.69, 9.17) is 11.6 Å². The van der Waals surface area contributed by atoms with Gasteiger partial charge in [-0.2, -0.15) is 0 Å². The Morgan fingerprint density at radius 1 is 1.04 bits per heavy atom. The Hall–Kier alpha value is -2.64. The molecule has 1 amide bonds. The third-order valence-corrected chi connectivity index (χ3v) is 4.71. The number of rotatable bonds is 2. The Labute approximate surface area is 149 Å². The SMILES string of the molecule is O=C(Nc1nc2cc(F)c(F)cc2s1)c1cc(Cl)nc2ccccc12. The number of halogens is 3. The third kappa shape index (κ3) is 2.92. The van der Waals surface area contributed by atoms with Gasteiger partial charge >= 0.3 is 0 Å². The first-order valence-electron chi connectivity index (χ1n) is 7.13. The molecule has 4 nitrogen and oxygen atoms in total. The minimum atomic E-state index is -0.984. The van der Waals surface area contributed by atoms with Gasteiger partial charge in [0.05, 0.1) is 21.3 Å². The maximum Gasteiger partial charge on any atom is 0.258 e. The van der Waals surface area contributed by atoms with E-state index in [-0.39, 0.29) is 15.8 Å². The standard InChI is InChI=1S/C17H8ClF2N3OS/c18-15-5-9(8-3-1-2-4-12(8)21-15)16(24)23-17-22-13-6-10(19)11(20)7-14(13)25-17/h1-7H,(H,22,23,24). The summed E-state index contributed by atoms with van der Waals surface area (Å²) in [6, 6.07) is 10.6. The number of nitrogens with zero attached hydrogens (tertiary/aromatic N) is 2. The molecule has 0 spiro atoms. The van der Waals surface area contributed by atoms with Crippen molar-refractivity contribution in [3.63, 3.8) is 0 Å². The Kier molecular flexibility index (Phi) is 3.82. The number of fused-ring (bicyclic) bond motifs is 2. The molecule has 0 fully saturated rings. The number of para-hydroxylation sites is 1. The highest BCUT2D eigenvalue weighted by Gasteiger charge is 2.15. The first kappa shape index (κ1) is 15.9. The normalized spacial score (nSPS) is 11.2. The van der Waals surface area contributed by atoms with Gasteiger partial charge in [0.2, 0.25) is 0 Å². The highest BCUT2D eigenvalue weighted by molar-refractivity contribution is 7.22. The molecule has 0 radical (unpaired) electrons. The summed E-state index contributed by atoms with van der Waals surface area (Å²) in [6.45, 7) is 0. The number of amides is 1. The lowest BCUT2D eigenvalue weighted by Gasteiger charge is -2.06. The van der Waals surface area contributed by atoms with Crippen molar-refractivity contribution in [2.75, 3.05) is 5.32 Å². The van der Waals surface area contributed by atoms with Gasteiger partial charge in [0, 0.05) is 11.5 Å². The summed E-state index contributed by atoms with van der Waals surface area (Å²) in [5.41, 5.74) is 1.21. The number of benzene rings is 2. The van der Waals surface area contributed by atoms with Gasteiger partial charge in [-0.25, -0.2) is 18.7 Å². The molecule has 4 aromatic rings. The van der Waals surface area contributed by atoms with Crippen molar-refractivity contribution < 1.29 is 13.6 Å².